The summed E-state index contributed by atoms with van der Waals surface area (Å²) in [7, 11) is 0. The number of hydrogen-bond acceptors (Lipinski definition) is 6. The van der Waals surface area contributed by atoms with Crippen LogP contribution in [0.3, 0.4) is 0 Å². The number of benzene rings is 3. The summed E-state index contributed by atoms with van der Waals surface area (Å²) in [6.45, 7) is 5.12. The second-order valence-corrected chi connectivity index (χ2v) is 9.19. The molecule has 1 aliphatic heterocycles. The number of imide groups is 2. The van der Waals surface area contributed by atoms with Crippen LogP contribution in [0.2, 0.25) is 0 Å². The van der Waals surface area contributed by atoms with Gasteiger partial charge in [0.2, 0.25) is 0 Å². The summed E-state index contributed by atoms with van der Waals surface area (Å²) in [5, 5.41) is 2.24. The van der Waals surface area contributed by atoms with Crippen molar-refractivity contribution in [3.63, 3.8) is 0 Å². The third kappa shape index (κ3) is 6.23. The number of amides is 4. The number of urea groups is 1. The van der Waals surface area contributed by atoms with Crippen molar-refractivity contribution in [1.82, 2.24) is 5.32 Å². The second kappa shape index (κ2) is 12.4. The maximum Gasteiger partial charge on any atom is 0.335 e. The maximum atomic E-state index is 13.3. The van der Waals surface area contributed by atoms with E-state index in [2.05, 4.69) is 21.2 Å². The van der Waals surface area contributed by atoms with Gasteiger partial charge in [-0.15, -0.1) is 0 Å². The molecule has 3 aromatic carbocycles. The Hall–Kier alpha value is -4.11. The first kappa shape index (κ1) is 26.9. The average molecular weight is 579 g/mol. The second-order valence-electron chi connectivity index (χ2n) is 8.34. The molecular formula is C29H27BrN2O6. The molecule has 0 radical (unpaired) electrons. The number of hydrogen-bond donors (Lipinski definition) is 1. The van der Waals surface area contributed by atoms with Crippen LogP contribution >= 0.6 is 15.9 Å². The quantitative estimate of drug-likeness (QED) is 0.238. The highest BCUT2D eigenvalue weighted by molar-refractivity contribution is 9.10. The first-order valence-electron chi connectivity index (χ1n) is 12.2. The minimum atomic E-state index is -0.819. The average Bonchev–Trinajstić information content (AvgIpc) is 2.91. The summed E-state index contributed by atoms with van der Waals surface area (Å²) >= 11 is 3.52. The molecule has 1 saturated heterocycles. The van der Waals surface area contributed by atoms with Crippen molar-refractivity contribution in [2.24, 2.45) is 0 Å². The van der Waals surface area contributed by atoms with Gasteiger partial charge >= 0.3 is 6.03 Å². The van der Waals surface area contributed by atoms with Crippen LogP contribution in [-0.4, -0.2) is 31.1 Å². The van der Waals surface area contributed by atoms with Gasteiger partial charge in [0.1, 0.15) is 17.9 Å². The summed E-state index contributed by atoms with van der Waals surface area (Å²) in [5.41, 5.74) is 1.63. The van der Waals surface area contributed by atoms with E-state index in [1.165, 1.54) is 6.08 Å². The number of anilines is 1. The van der Waals surface area contributed by atoms with Crippen LogP contribution in [0.25, 0.3) is 6.08 Å². The molecule has 0 aromatic heterocycles. The summed E-state index contributed by atoms with van der Waals surface area (Å²) in [4.78, 5) is 39.5. The van der Waals surface area contributed by atoms with E-state index >= 15 is 0 Å². The number of barbiturate groups is 1. The standard InChI is InChI=1S/C29H27BrN2O6/c1-3-14-37-22-12-10-21(11-13-22)32-28(34)23(27(33)31-29(32)35)15-20-16-24(30)26(25(17-20)36-4-2)38-18-19-8-6-5-7-9-19/h5-13,15-17H,3-4,14,18H2,1-2H3,(H,31,33,35)/b23-15-. The molecule has 0 saturated carbocycles. The summed E-state index contributed by atoms with van der Waals surface area (Å²) in [6.07, 6.45) is 2.27. The zero-order valence-corrected chi connectivity index (χ0v) is 22.6. The maximum absolute atomic E-state index is 13.3. The molecule has 1 N–H and O–H groups in total. The van der Waals surface area contributed by atoms with Crippen LogP contribution < -0.4 is 24.4 Å². The van der Waals surface area contributed by atoms with Crippen molar-refractivity contribution >= 4 is 45.5 Å². The van der Waals surface area contributed by atoms with Gasteiger partial charge in [0, 0.05) is 0 Å². The van der Waals surface area contributed by atoms with E-state index in [1.54, 1.807) is 36.4 Å². The molecule has 196 valence electrons. The largest absolute Gasteiger partial charge is 0.494 e. The van der Waals surface area contributed by atoms with Gasteiger partial charge in [0.15, 0.2) is 11.5 Å². The van der Waals surface area contributed by atoms with Gasteiger partial charge in [-0.25, -0.2) is 9.69 Å². The molecule has 3 aromatic rings. The third-order valence-electron chi connectivity index (χ3n) is 5.54. The highest BCUT2D eigenvalue weighted by Crippen LogP contribution is 2.38. The lowest BCUT2D eigenvalue weighted by Gasteiger charge is -2.26. The number of carbonyl (C=O) groups is 3. The molecule has 0 aliphatic carbocycles. The number of nitrogens with zero attached hydrogens (tertiary/aromatic N) is 1. The Bertz CT molecular complexity index is 1360. The predicted molar refractivity (Wildman–Crippen MR) is 147 cm³/mol. The molecule has 1 heterocycles. The zero-order chi connectivity index (χ0) is 27.1. The number of halogens is 1. The predicted octanol–water partition coefficient (Wildman–Crippen LogP) is 5.88. The lowest BCUT2D eigenvalue weighted by atomic mass is 10.1. The molecule has 0 atom stereocenters. The molecule has 0 bridgehead atoms. The van der Waals surface area contributed by atoms with Gasteiger partial charge < -0.3 is 14.2 Å². The molecule has 0 spiro atoms. The van der Waals surface area contributed by atoms with Crippen molar-refractivity contribution in [2.75, 3.05) is 18.1 Å². The van der Waals surface area contributed by atoms with E-state index in [1.807, 2.05) is 44.2 Å². The van der Waals surface area contributed by atoms with Gasteiger partial charge in [-0.2, -0.15) is 0 Å². The molecule has 9 heteroatoms. The molecule has 8 nitrogen and oxygen atoms in total. The Labute approximate surface area is 229 Å². The van der Waals surface area contributed by atoms with Gasteiger partial charge in [-0.05, 0) is 82.9 Å². The van der Waals surface area contributed by atoms with Crippen molar-refractivity contribution < 1.29 is 28.6 Å². The Balaban J connectivity index is 1.61. The molecule has 0 unspecified atom stereocenters. The van der Waals surface area contributed by atoms with Gasteiger partial charge in [0.05, 0.1) is 23.4 Å². The molecular weight excluding hydrogens is 552 g/mol. The Morgan fingerprint density at radius 1 is 0.921 bits per heavy atom. The van der Waals surface area contributed by atoms with Crippen LogP contribution in [0.15, 0.2) is 76.8 Å². The van der Waals surface area contributed by atoms with Crippen molar-refractivity contribution in [2.45, 2.75) is 26.9 Å². The van der Waals surface area contributed by atoms with E-state index < -0.39 is 17.8 Å². The highest BCUT2D eigenvalue weighted by Gasteiger charge is 2.37. The third-order valence-corrected chi connectivity index (χ3v) is 6.13. The number of nitrogens with one attached hydrogen (secondary N) is 1. The van der Waals surface area contributed by atoms with Crippen LogP contribution in [0.1, 0.15) is 31.4 Å². The van der Waals surface area contributed by atoms with Gasteiger partial charge in [-0.3, -0.25) is 14.9 Å². The smallest absolute Gasteiger partial charge is 0.335 e. The first-order chi connectivity index (χ1) is 18.4. The number of rotatable bonds is 10. The minimum absolute atomic E-state index is 0.191. The van der Waals surface area contributed by atoms with E-state index in [4.69, 9.17) is 14.2 Å². The minimum Gasteiger partial charge on any atom is -0.494 e. The van der Waals surface area contributed by atoms with E-state index in [-0.39, 0.29) is 5.57 Å². The van der Waals surface area contributed by atoms with Crippen LogP contribution in [-0.2, 0) is 16.2 Å². The summed E-state index contributed by atoms with van der Waals surface area (Å²) in [6, 6.07) is 18.8. The zero-order valence-electron chi connectivity index (χ0n) is 21.0. The fraction of sp³-hybridized carbons (Fsp3) is 0.207. The Morgan fingerprint density at radius 3 is 2.34 bits per heavy atom. The van der Waals surface area contributed by atoms with Gasteiger partial charge in [0.25, 0.3) is 11.8 Å². The lowest BCUT2D eigenvalue weighted by molar-refractivity contribution is -0.122. The first-order valence-corrected chi connectivity index (χ1v) is 13.0. The number of ether oxygens (including phenoxy) is 3. The highest BCUT2D eigenvalue weighted by atomic mass is 79.9. The van der Waals surface area contributed by atoms with E-state index in [9.17, 15) is 14.4 Å². The van der Waals surface area contributed by atoms with E-state index in [0.29, 0.717) is 52.8 Å². The molecule has 1 aliphatic rings. The fourth-order valence-corrected chi connectivity index (χ4v) is 4.35. The lowest BCUT2D eigenvalue weighted by Crippen LogP contribution is -2.54. The summed E-state index contributed by atoms with van der Waals surface area (Å²) < 4.78 is 18.0. The van der Waals surface area contributed by atoms with Crippen molar-refractivity contribution in [3.05, 3.63) is 87.9 Å². The monoisotopic (exact) mass is 578 g/mol. The van der Waals surface area contributed by atoms with Crippen LogP contribution in [0, 0.1) is 0 Å². The molecule has 38 heavy (non-hydrogen) atoms. The fourth-order valence-electron chi connectivity index (χ4n) is 3.77. The Morgan fingerprint density at radius 2 is 1.66 bits per heavy atom. The van der Waals surface area contributed by atoms with E-state index in [0.717, 1.165) is 16.9 Å². The topological polar surface area (TPSA) is 94.2 Å². The SMILES string of the molecule is CCCOc1ccc(N2C(=O)NC(=O)/C(=C/c3cc(Br)c(OCc4ccccc4)c(OCC)c3)C2=O)cc1. The molecule has 4 amide bonds. The Kier molecular flexibility index (Phi) is 8.81. The normalized spacial score (nSPS) is 14.4. The summed E-state index contributed by atoms with van der Waals surface area (Å²) in [5.74, 6) is 0.0515. The van der Waals surface area contributed by atoms with Crippen LogP contribution in [0.4, 0.5) is 10.5 Å². The van der Waals surface area contributed by atoms with Crippen molar-refractivity contribution in [1.29, 1.82) is 0 Å². The molecule has 4 rings (SSSR count). The van der Waals surface area contributed by atoms with Crippen molar-refractivity contribution in [3.8, 4) is 17.2 Å². The molecule has 1 fully saturated rings. The van der Waals surface area contributed by atoms with Gasteiger partial charge in [-0.1, -0.05) is 37.3 Å². The van der Waals surface area contributed by atoms with Crippen LogP contribution in [0.5, 0.6) is 17.2 Å². The number of carbonyl (C=O) groups excluding carboxylic acids is 3.